The van der Waals surface area contributed by atoms with Crippen molar-refractivity contribution in [2.45, 2.75) is 25.8 Å². The minimum atomic E-state index is -0.0900. The van der Waals surface area contributed by atoms with Crippen LogP contribution in [0.1, 0.15) is 18.4 Å². The molecule has 4 aromatic rings. The first-order valence-corrected chi connectivity index (χ1v) is 12.0. The van der Waals surface area contributed by atoms with Gasteiger partial charge in [0.1, 0.15) is 5.52 Å². The fourth-order valence-corrected chi connectivity index (χ4v) is 4.55. The number of carbonyl (C=O) groups excluding carboxylic acids is 1. The molecule has 1 unspecified atom stereocenters. The number of amides is 2. The number of aryl methyl sites for hydroxylation is 1. The first-order chi connectivity index (χ1) is 17.5. The largest absolute Gasteiger partial charge is 0.493 e. The number of anilines is 2. The summed E-state index contributed by atoms with van der Waals surface area (Å²) in [6.45, 7) is 3.31. The number of hydrogen-bond acceptors (Lipinski definition) is 6. The summed E-state index contributed by atoms with van der Waals surface area (Å²) in [6, 6.07) is 17.4. The van der Waals surface area contributed by atoms with Crippen LogP contribution in [0.15, 0.2) is 54.6 Å². The summed E-state index contributed by atoms with van der Waals surface area (Å²) in [5, 5.41) is 14.0. The second-order valence-corrected chi connectivity index (χ2v) is 8.96. The van der Waals surface area contributed by atoms with Crippen molar-refractivity contribution in [3.63, 3.8) is 0 Å². The molecule has 36 heavy (non-hydrogen) atoms. The van der Waals surface area contributed by atoms with Crippen LogP contribution in [0.5, 0.6) is 11.5 Å². The molecule has 1 aliphatic heterocycles. The van der Waals surface area contributed by atoms with E-state index in [1.165, 1.54) is 0 Å². The first kappa shape index (κ1) is 23.5. The average Bonchev–Trinajstić information content (AvgIpc) is 3.30. The maximum absolute atomic E-state index is 12.9. The molecule has 9 nitrogen and oxygen atoms in total. The number of H-pyrrole nitrogens is 1. The van der Waals surface area contributed by atoms with Crippen molar-refractivity contribution < 1.29 is 14.3 Å². The van der Waals surface area contributed by atoms with Crippen molar-refractivity contribution in [3.8, 4) is 22.8 Å². The fraction of sp³-hybridized carbons (Fsp3) is 0.296. The van der Waals surface area contributed by atoms with Gasteiger partial charge in [-0.05, 0) is 67.8 Å². The highest BCUT2D eigenvalue weighted by atomic mass is 16.5. The number of pyridine rings is 1. The summed E-state index contributed by atoms with van der Waals surface area (Å²) in [7, 11) is 3.23. The molecule has 3 heterocycles. The molecular formula is C27H30N6O3. The van der Waals surface area contributed by atoms with Crippen molar-refractivity contribution in [1.82, 2.24) is 20.1 Å². The van der Waals surface area contributed by atoms with Crippen LogP contribution >= 0.6 is 0 Å². The molecule has 2 amide bonds. The minimum absolute atomic E-state index is 0.0695. The molecule has 0 spiro atoms. The lowest BCUT2D eigenvalue weighted by Crippen LogP contribution is -2.46. The van der Waals surface area contributed by atoms with E-state index >= 15 is 0 Å². The van der Waals surface area contributed by atoms with Gasteiger partial charge in [-0.15, -0.1) is 0 Å². The van der Waals surface area contributed by atoms with Crippen molar-refractivity contribution in [3.05, 3.63) is 60.2 Å². The number of aromatic amines is 1. The summed E-state index contributed by atoms with van der Waals surface area (Å²) in [5.74, 6) is 1.99. The molecule has 2 aromatic carbocycles. The molecule has 3 N–H and O–H groups in total. The lowest BCUT2D eigenvalue weighted by molar-refractivity contribution is 0.196. The number of nitrogens with one attached hydrogen (secondary N) is 3. The third kappa shape index (κ3) is 4.91. The molecular weight excluding hydrogens is 456 g/mol. The second kappa shape index (κ2) is 10.2. The van der Waals surface area contributed by atoms with Crippen LogP contribution in [-0.4, -0.2) is 59.5 Å². The molecule has 1 saturated heterocycles. The number of urea groups is 1. The Labute approximate surface area is 209 Å². The standard InChI is InChI=1S/C27H30N6O3/c1-17-6-4-7-19(14-17)29-27(34)33-13-5-8-20(16-33)28-26-25-22(31-32-26)11-10-21(30-25)18-9-12-23(35-2)24(15-18)36-3/h4,6-7,9-12,14-15,20H,5,8,13,16H2,1-3H3,(H,29,34)(H2,28,31,32). The van der Waals surface area contributed by atoms with Gasteiger partial charge in [0.25, 0.3) is 0 Å². The van der Waals surface area contributed by atoms with Crippen molar-refractivity contribution in [2.75, 3.05) is 37.9 Å². The summed E-state index contributed by atoms with van der Waals surface area (Å²) < 4.78 is 10.8. The van der Waals surface area contributed by atoms with Gasteiger partial charge in [0.05, 0.1) is 25.4 Å². The van der Waals surface area contributed by atoms with Gasteiger partial charge in [-0.3, -0.25) is 5.10 Å². The summed E-state index contributed by atoms with van der Waals surface area (Å²) >= 11 is 0. The summed E-state index contributed by atoms with van der Waals surface area (Å²) in [5.41, 5.74) is 5.22. The number of ether oxygens (including phenoxy) is 2. The lowest BCUT2D eigenvalue weighted by Gasteiger charge is -2.33. The monoisotopic (exact) mass is 486 g/mol. The van der Waals surface area contributed by atoms with E-state index in [4.69, 9.17) is 14.5 Å². The Morgan fingerprint density at radius 3 is 2.75 bits per heavy atom. The van der Waals surface area contributed by atoms with Crippen LogP contribution in [0, 0.1) is 6.92 Å². The maximum atomic E-state index is 12.9. The van der Waals surface area contributed by atoms with Gasteiger partial charge in [-0.25, -0.2) is 9.78 Å². The SMILES string of the molecule is COc1ccc(-c2ccc3[nH]nc(NC4CCCN(C(=O)Nc5cccc(C)c5)C4)c3n2)cc1OC. The highest BCUT2D eigenvalue weighted by Gasteiger charge is 2.25. The fourth-order valence-electron chi connectivity index (χ4n) is 4.55. The summed E-state index contributed by atoms with van der Waals surface area (Å²) in [6.07, 6.45) is 1.85. The van der Waals surface area contributed by atoms with Crippen LogP contribution in [0.2, 0.25) is 0 Å². The smallest absolute Gasteiger partial charge is 0.321 e. The number of methoxy groups -OCH3 is 2. The van der Waals surface area contributed by atoms with Gasteiger partial charge < -0.3 is 25.0 Å². The molecule has 186 valence electrons. The molecule has 0 radical (unpaired) electrons. The molecule has 0 bridgehead atoms. The van der Waals surface area contributed by atoms with E-state index in [1.54, 1.807) is 14.2 Å². The second-order valence-electron chi connectivity index (χ2n) is 8.96. The molecule has 9 heteroatoms. The van der Waals surface area contributed by atoms with Crippen LogP contribution in [-0.2, 0) is 0 Å². The van der Waals surface area contributed by atoms with Crippen molar-refractivity contribution in [1.29, 1.82) is 0 Å². The molecule has 0 saturated carbocycles. The van der Waals surface area contributed by atoms with Crippen LogP contribution in [0.3, 0.4) is 0 Å². The number of piperidine rings is 1. The number of rotatable bonds is 6. The highest BCUT2D eigenvalue weighted by molar-refractivity contribution is 5.90. The number of hydrogen-bond donors (Lipinski definition) is 3. The van der Waals surface area contributed by atoms with Crippen LogP contribution in [0.25, 0.3) is 22.3 Å². The topological polar surface area (TPSA) is 104 Å². The predicted octanol–water partition coefficient (Wildman–Crippen LogP) is 5.06. The molecule has 0 aliphatic carbocycles. The molecule has 2 aromatic heterocycles. The summed E-state index contributed by atoms with van der Waals surface area (Å²) in [4.78, 5) is 19.6. The zero-order valence-electron chi connectivity index (χ0n) is 20.7. The lowest BCUT2D eigenvalue weighted by atomic mass is 10.1. The molecule has 5 rings (SSSR count). The quantitative estimate of drug-likeness (QED) is 0.352. The van der Waals surface area contributed by atoms with Gasteiger partial charge in [0.15, 0.2) is 17.3 Å². The Balaban J connectivity index is 1.32. The predicted molar refractivity (Wildman–Crippen MR) is 141 cm³/mol. The van der Waals surface area contributed by atoms with Crippen molar-refractivity contribution in [2.24, 2.45) is 0 Å². The maximum Gasteiger partial charge on any atom is 0.321 e. The van der Waals surface area contributed by atoms with Gasteiger partial charge in [0.2, 0.25) is 0 Å². The number of likely N-dealkylation sites (tertiary alicyclic amines) is 1. The van der Waals surface area contributed by atoms with Gasteiger partial charge in [-0.1, -0.05) is 12.1 Å². The van der Waals surface area contributed by atoms with Crippen LogP contribution in [0.4, 0.5) is 16.3 Å². The normalized spacial score (nSPS) is 15.5. The van der Waals surface area contributed by atoms with Gasteiger partial charge in [0, 0.05) is 30.4 Å². The first-order valence-electron chi connectivity index (χ1n) is 12.0. The van der Waals surface area contributed by atoms with E-state index in [0.29, 0.717) is 23.9 Å². The number of nitrogens with zero attached hydrogens (tertiary/aromatic N) is 3. The number of carbonyl (C=O) groups is 1. The van der Waals surface area contributed by atoms with Gasteiger partial charge in [-0.2, -0.15) is 5.10 Å². The van der Waals surface area contributed by atoms with E-state index in [-0.39, 0.29) is 12.1 Å². The van der Waals surface area contributed by atoms with E-state index in [9.17, 15) is 4.79 Å². The zero-order valence-corrected chi connectivity index (χ0v) is 20.7. The number of aromatic nitrogens is 3. The van der Waals surface area contributed by atoms with E-state index in [0.717, 1.165) is 52.9 Å². The number of benzene rings is 2. The molecule has 1 fully saturated rings. The van der Waals surface area contributed by atoms with E-state index < -0.39 is 0 Å². The Morgan fingerprint density at radius 2 is 1.94 bits per heavy atom. The average molecular weight is 487 g/mol. The van der Waals surface area contributed by atoms with Crippen molar-refractivity contribution >= 4 is 28.6 Å². The third-order valence-electron chi connectivity index (χ3n) is 6.41. The minimum Gasteiger partial charge on any atom is -0.493 e. The Kier molecular flexibility index (Phi) is 6.62. The Bertz CT molecular complexity index is 1390. The number of fused-ring (bicyclic) bond motifs is 1. The highest BCUT2D eigenvalue weighted by Crippen LogP contribution is 2.33. The zero-order chi connectivity index (χ0) is 25.1. The third-order valence-corrected chi connectivity index (χ3v) is 6.41. The van der Waals surface area contributed by atoms with Crippen LogP contribution < -0.4 is 20.1 Å². The van der Waals surface area contributed by atoms with E-state index in [2.05, 4.69) is 20.8 Å². The Morgan fingerprint density at radius 1 is 1.08 bits per heavy atom. The molecule has 1 aliphatic rings. The molecule has 1 atom stereocenters. The van der Waals surface area contributed by atoms with Gasteiger partial charge >= 0.3 is 6.03 Å². The Hall–Kier alpha value is -4.27. The van der Waals surface area contributed by atoms with E-state index in [1.807, 2.05) is 66.4 Å².